The van der Waals surface area contributed by atoms with Crippen LogP contribution in [-0.4, -0.2) is 54.5 Å². The van der Waals surface area contributed by atoms with Crippen LogP contribution in [0.4, 0.5) is 0 Å². The monoisotopic (exact) mass is 406 g/mol. The minimum atomic E-state index is 0.999. The molecule has 2 atom stereocenters. The molecular formula is C18H30S5. The topological polar surface area (TPSA) is 0 Å². The molecule has 2 unspecified atom stereocenters. The summed E-state index contributed by atoms with van der Waals surface area (Å²) in [5.74, 6) is 5.76. The van der Waals surface area contributed by atoms with E-state index >= 15 is 0 Å². The Balaban J connectivity index is 1.08. The normalized spacial score (nSPS) is 43.3. The van der Waals surface area contributed by atoms with E-state index in [9.17, 15) is 0 Å². The number of hydrogen-bond acceptors (Lipinski definition) is 5. The first-order chi connectivity index (χ1) is 11.3. The van der Waals surface area contributed by atoms with Gasteiger partial charge in [-0.2, -0.15) is 58.8 Å². The molecule has 23 heavy (non-hydrogen) atoms. The minimum Gasteiger partial charge on any atom is -0.157 e. The summed E-state index contributed by atoms with van der Waals surface area (Å²) >= 11 is 11.3. The van der Waals surface area contributed by atoms with Crippen LogP contribution < -0.4 is 0 Å². The molecule has 0 amide bonds. The third-order valence-corrected chi connectivity index (χ3v) is 12.6. The molecule has 4 rings (SSSR count). The molecule has 0 aromatic heterocycles. The first-order valence-electron chi connectivity index (χ1n) is 9.47. The maximum Gasteiger partial charge on any atom is 0.0229 e. The van der Waals surface area contributed by atoms with Crippen molar-refractivity contribution in [1.29, 1.82) is 0 Å². The van der Waals surface area contributed by atoms with Crippen molar-refractivity contribution in [2.24, 2.45) is 0 Å². The molecule has 0 aromatic carbocycles. The van der Waals surface area contributed by atoms with Crippen molar-refractivity contribution in [3.8, 4) is 0 Å². The summed E-state index contributed by atoms with van der Waals surface area (Å²) in [5.41, 5.74) is 0. The smallest absolute Gasteiger partial charge is 0.0229 e. The Labute approximate surface area is 164 Å². The standard InChI is InChI=1S/C18H30S5/c1-5-15(6-2-13(1)19-9-17-11-21-17)23-16-7-3-14(4-8-16)20-10-18-12-22-18/h13-18H,1-12H2. The Bertz CT molecular complexity index is 318. The Hall–Kier alpha value is 1.75. The van der Waals surface area contributed by atoms with Gasteiger partial charge < -0.3 is 0 Å². The van der Waals surface area contributed by atoms with Crippen LogP contribution in [0, 0.1) is 0 Å². The van der Waals surface area contributed by atoms with Gasteiger partial charge in [-0.1, -0.05) is 0 Å². The molecule has 2 saturated carbocycles. The average Bonchev–Trinajstić information content (AvgIpc) is 3.48. The fraction of sp³-hybridized carbons (Fsp3) is 1.00. The molecule has 4 aliphatic rings. The average molecular weight is 407 g/mol. The van der Waals surface area contributed by atoms with Gasteiger partial charge >= 0.3 is 0 Å². The summed E-state index contributed by atoms with van der Waals surface area (Å²) in [6.07, 6.45) is 12.0. The van der Waals surface area contributed by atoms with Gasteiger partial charge in [0.1, 0.15) is 0 Å². The van der Waals surface area contributed by atoms with Gasteiger partial charge in [-0.15, -0.1) is 0 Å². The van der Waals surface area contributed by atoms with Gasteiger partial charge in [0.15, 0.2) is 0 Å². The molecule has 0 aromatic rings. The lowest BCUT2D eigenvalue weighted by Gasteiger charge is -2.33. The van der Waals surface area contributed by atoms with Gasteiger partial charge in [0, 0.05) is 54.5 Å². The highest BCUT2D eigenvalue weighted by Crippen LogP contribution is 2.43. The van der Waals surface area contributed by atoms with Crippen molar-refractivity contribution in [2.45, 2.75) is 82.9 Å². The Kier molecular flexibility index (Phi) is 7.17. The van der Waals surface area contributed by atoms with Crippen LogP contribution in [0.1, 0.15) is 51.4 Å². The summed E-state index contributed by atoms with van der Waals surface area (Å²) in [6, 6.07) is 0. The van der Waals surface area contributed by atoms with Crippen LogP contribution in [0.25, 0.3) is 0 Å². The zero-order valence-electron chi connectivity index (χ0n) is 14.0. The van der Waals surface area contributed by atoms with E-state index in [1.165, 1.54) is 74.4 Å². The Morgan fingerprint density at radius 2 is 0.913 bits per heavy atom. The first kappa shape index (κ1) is 18.1. The zero-order valence-corrected chi connectivity index (χ0v) is 18.1. The summed E-state index contributed by atoms with van der Waals surface area (Å²) in [6.45, 7) is 0. The molecule has 2 aliphatic carbocycles. The van der Waals surface area contributed by atoms with Gasteiger partial charge in [0.05, 0.1) is 0 Å². The van der Waals surface area contributed by atoms with Crippen LogP contribution in [0.3, 0.4) is 0 Å². The lowest BCUT2D eigenvalue weighted by Crippen LogP contribution is -2.24. The fourth-order valence-corrected chi connectivity index (χ4v) is 9.86. The van der Waals surface area contributed by atoms with Crippen molar-refractivity contribution in [3.63, 3.8) is 0 Å². The van der Waals surface area contributed by atoms with Crippen LogP contribution >= 0.6 is 58.8 Å². The molecule has 4 fully saturated rings. The van der Waals surface area contributed by atoms with Crippen LogP contribution in [0.5, 0.6) is 0 Å². The van der Waals surface area contributed by atoms with Gasteiger partial charge in [-0.25, -0.2) is 0 Å². The van der Waals surface area contributed by atoms with Crippen LogP contribution in [0.2, 0.25) is 0 Å². The molecule has 0 N–H and O–H groups in total. The van der Waals surface area contributed by atoms with Crippen molar-refractivity contribution < 1.29 is 0 Å². The van der Waals surface area contributed by atoms with Gasteiger partial charge in [0.2, 0.25) is 0 Å². The molecular weight excluding hydrogens is 377 g/mol. The quantitative estimate of drug-likeness (QED) is 0.449. The van der Waals surface area contributed by atoms with Crippen LogP contribution in [-0.2, 0) is 0 Å². The fourth-order valence-electron chi connectivity index (χ4n) is 3.76. The third kappa shape index (κ3) is 6.45. The summed E-state index contributed by atoms with van der Waals surface area (Å²) in [7, 11) is 0. The summed E-state index contributed by atoms with van der Waals surface area (Å²) in [4.78, 5) is 0. The molecule has 2 saturated heterocycles. The van der Waals surface area contributed by atoms with Crippen molar-refractivity contribution in [3.05, 3.63) is 0 Å². The molecule has 2 aliphatic heterocycles. The third-order valence-electron chi connectivity index (χ3n) is 5.47. The van der Waals surface area contributed by atoms with Crippen molar-refractivity contribution in [2.75, 3.05) is 23.0 Å². The molecule has 0 radical (unpaired) electrons. The van der Waals surface area contributed by atoms with Crippen molar-refractivity contribution >= 4 is 58.8 Å². The molecule has 0 bridgehead atoms. The molecule has 0 spiro atoms. The van der Waals surface area contributed by atoms with E-state index < -0.39 is 0 Å². The summed E-state index contributed by atoms with van der Waals surface area (Å²) < 4.78 is 0. The zero-order chi connectivity index (χ0) is 15.5. The maximum absolute atomic E-state index is 2.39. The lowest BCUT2D eigenvalue weighted by atomic mass is 9.99. The van der Waals surface area contributed by atoms with Crippen molar-refractivity contribution in [1.82, 2.24) is 0 Å². The van der Waals surface area contributed by atoms with E-state index in [0.29, 0.717) is 0 Å². The summed E-state index contributed by atoms with van der Waals surface area (Å²) in [5, 5.41) is 6.05. The molecule has 5 heteroatoms. The van der Waals surface area contributed by atoms with E-state index in [-0.39, 0.29) is 0 Å². The van der Waals surface area contributed by atoms with E-state index in [1.807, 2.05) is 0 Å². The number of thioether (sulfide) groups is 5. The number of rotatable bonds is 8. The highest BCUT2D eigenvalue weighted by Gasteiger charge is 2.30. The first-order valence-corrected chi connectivity index (χ1v) is 14.6. The molecule has 0 nitrogen and oxygen atoms in total. The highest BCUT2D eigenvalue weighted by atomic mass is 32.2. The van der Waals surface area contributed by atoms with Gasteiger partial charge in [-0.3, -0.25) is 0 Å². The SMILES string of the molecule is C1CC(SC2CCC(SCC3CS3)CC2)CCC1SCC1CS1. The van der Waals surface area contributed by atoms with E-state index in [1.54, 1.807) is 0 Å². The maximum atomic E-state index is 2.39. The molecule has 2 heterocycles. The molecule has 132 valence electrons. The van der Waals surface area contributed by atoms with E-state index in [0.717, 1.165) is 31.5 Å². The highest BCUT2D eigenvalue weighted by molar-refractivity contribution is 8.09. The second-order valence-corrected chi connectivity index (χ2v) is 14.4. The Morgan fingerprint density at radius 1 is 0.565 bits per heavy atom. The minimum absolute atomic E-state index is 0.999. The predicted molar refractivity (Wildman–Crippen MR) is 117 cm³/mol. The predicted octanol–water partition coefficient (Wildman–Crippen LogP) is 6.04. The number of hydrogen-bond donors (Lipinski definition) is 0. The second kappa shape index (κ2) is 9.10. The van der Waals surface area contributed by atoms with E-state index in [2.05, 4.69) is 58.8 Å². The van der Waals surface area contributed by atoms with Crippen LogP contribution in [0.15, 0.2) is 0 Å². The Morgan fingerprint density at radius 3 is 1.26 bits per heavy atom. The second-order valence-electron chi connectivity index (χ2n) is 7.51. The van der Waals surface area contributed by atoms with Gasteiger partial charge in [0.25, 0.3) is 0 Å². The largest absolute Gasteiger partial charge is 0.157 e. The van der Waals surface area contributed by atoms with Gasteiger partial charge in [-0.05, 0) is 51.4 Å². The van der Waals surface area contributed by atoms with E-state index in [4.69, 9.17) is 0 Å². The lowest BCUT2D eigenvalue weighted by molar-refractivity contribution is 0.506.